The van der Waals surface area contributed by atoms with Gasteiger partial charge in [-0.2, -0.15) is 5.10 Å². The van der Waals surface area contributed by atoms with E-state index in [0.717, 1.165) is 23.3 Å². The molecule has 0 saturated carbocycles. The van der Waals surface area contributed by atoms with Crippen molar-refractivity contribution >= 4 is 15.9 Å². The molecule has 0 spiro atoms. The Morgan fingerprint density at radius 2 is 2.00 bits per heavy atom. The molecule has 0 amide bonds. The van der Waals surface area contributed by atoms with Crippen LogP contribution in [-0.2, 0) is 6.54 Å². The van der Waals surface area contributed by atoms with E-state index in [1.807, 2.05) is 6.92 Å². The van der Waals surface area contributed by atoms with Crippen molar-refractivity contribution in [2.75, 3.05) is 6.54 Å². The van der Waals surface area contributed by atoms with Crippen LogP contribution in [0.25, 0.3) is 0 Å². The maximum Gasteiger partial charge on any atom is 0.0738 e. The van der Waals surface area contributed by atoms with Gasteiger partial charge in [-0.05, 0) is 49.2 Å². The quantitative estimate of drug-likeness (QED) is 0.815. The molecular weight excluding hydrogens is 266 g/mol. The summed E-state index contributed by atoms with van der Waals surface area (Å²) in [4.78, 5) is 0. The van der Waals surface area contributed by atoms with Crippen LogP contribution in [0.4, 0.5) is 0 Å². The summed E-state index contributed by atoms with van der Waals surface area (Å²) in [6.45, 7) is 10.6. The molecule has 0 atom stereocenters. The Balaban J connectivity index is 2.29. The number of rotatable bonds is 6. The maximum absolute atomic E-state index is 4.49. The molecule has 1 aromatic heterocycles. The van der Waals surface area contributed by atoms with E-state index in [1.165, 1.54) is 18.5 Å². The molecule has 0 radical (unpaired) electrons. The number of nitrogens with one attached hydrogen (secondary N) is 1. The smallest absolute Gasteiger partial charge is 0.0738 e. The number of aromatic nitrogens is 2. The normalized spacial score (nSPS) is 11.4. The Bertz CT molecular complexity index is 331. The third-order valence-electron chi connectivity index (χ3n) is 2.64. The van der Waals surface area contributed by atoms with E-state index < -0.39 is 0 Å². The van der Waals surface area contributed by atoms with Crippen molar-refractivity contribution in [1.82, 2.24) is 15.1 Å². The van der Waals surface area contributed by atoms with Crippen molar-refractivity contribution in [2.24, 2.45) is 0 Å². The average Bonchev–Trinajstić information content (AvgIpc) is 2.45. The van der Waals surface area contributed by atoms with Gasteiger partial charge >= 0.3 is 0 Å². The summed E-state index contributed by atoms with van der Waals surface area (Å²) >= 11 is 3.55. The van der Waals surface area contributed by atoms with Crippen LogP contribution in [0.2, 0.25) is 0 Å². The minimum Gasteiger partial charge on any atom is -0.315 e. The molecule has 0 aliphatic rings. The fourth-order valence-corrected chi connectivity index (χ4v) is 1.95. The second-order valence-corrected chi connectivity index (χ2v) is 5.32. The monoisotopic (exact) mass is 287 g/mol. The van der Waals surface area contributed by atoms with E-state index in [0.29, 0.717) is 6.04 Å². The molecule has 0 unspecified atom stereocenters. The molecule has 1 N–H and O–H groups in total. The standard InChI is InChI=1S/C12H22BrN3/c1-9(2)14-7-5-6-8-16-11(4)12(13)10(3)15-16/h9,14H,5-8H2,1-4H3. The number of halogens is 1. The largest absolute Gasteiger partial charge is 0.315 e. The first kappa shape index (κ1) is 13.7. The van der Waals surface area contributed by atoms with E-state index in [1.54, 1.807) is 0 Å². The highest BCUT2D eigenvalue weighted by Crippen LogP contribution is 2.19. The number of unbranched alkanes of at least 4 members (excludes halogenated alkanes) is 1. The Hall–Kier alpha value is -0.350. The Kier molecular flexibility index (Phi) is 5.49. The predicted octanol–water partition coefficient (Wildman–Crippen LogP) is 3.04. The highest BCUT2D eigenvalue weighted by molar-refractivity contribution is 9.10. The first-order chi connectivity index (χ1) is 7.52. The summed E-state index contributed by atoms with van der Waals surface area (Å²) in [6.07, 6.45) is 2.38. The zero-order valence-corrected chi connectivity index (χ0v) is 12.3. The Labute approximate surface area is 107 Å². The lowest BCUT2D eigenvalue weighted by Gasteiger charge is -2.08. The lowest BCUT2D eigenvalue weighted by Crippen LogP contribution is -2.23. The minimum absolute atomic E-state index is 0.586. The van der Waals surface area contributed by atoms with E-state index in [-0.39, 0.29) is 0 Å². The number of hydrogen-bond donors (Lipinski definition) is 1. The predicted molar refractivity (Wildman–Crippen MR) is 71.8 cm³/mol. The van der Waals surface area contributed by atoms with Crippen molar-refractivity contribution in [1.29, 1.82) is 0 Å². The summed E-state index contributed by atoms with van der Waals surface area (Å²) in [5.74, 6) is 0. The summed E-state index contributed by atoms with van der Waals surface area (Å²) in [5.41, 5.74) is 2.31. The van der Waals surface area contributed by atoms with Crippen molar-refractivity contribution in [3.8, 4) is 0 Å². The van der Waals surface area contributed by atoms with Gasteiger partial charge in [-0.25, -0.2) is 0 Å². The zero-order valence-electron chi connectivity index (χ0n) is 10.7. The first-order valence-corrected chi connectivity index (χ1v) is 6.74. The molecule has 92 valence electrons. The van der Waals surface area contributed by atoms with Crippen LogP contribution >= 0.6 is 15.9 Å². The van der Waals surface area contributed by atoms with Crippen molar-refractivity contribution in [2.45, 2.75) is 53.1 Å². The molecule has 16 heavy (non-hydrogen) atoms. The van der Waals surface area contributed by atoms with Gasteiger partial charge in [-0.1, -0.05) is 13.8 Å². The van der Waals surface area contributed by atoms with Gasteiger partial charge in [0, 0.05) is 18.3 Å². The average molecular weight is 288 g/mol. The van der Waals surface area contributed by atoms with Crippen LogP contribution in [0.15, 0.2) is 4.47 Å². The van der Waals surface area contributed by atoms with Crippen molar-refractivity contribution < 1.29 is 0 Å². The van der Waals surface area contributed by atoms with Gasteiger partial charge < -0.3 is 5.32 Å². The summed E-state index contributed by atoms with van der Waals surface area (Å²) in [7, 11) is 0. The summed E-state index contributed by atoms with van der Waals surface area (Å²) in [5, 5.41) is 7.92. The summed E-state index contributed by atoms with van der Waals surface area (Å²) in [6, 6.07) is 0.586. The third kappa shape index (κ3) is 3.91. The number of aryl methyl sites for hydroxylation is 2. The number of hydrogen-bond acceptors (Lipinski definition) is 2. The van der Waals surface area contributed by atoms with Gasteiger partial charge in [0.2, 0.25) is 0 Å². The molecule has 3 nitrogen and oxygen atoms in total. The lowest BCUT2D eigenvalue weighted by molar-refractivity contribution is 0.505. The second kappa shape index (κ2) is 6.40. The molecule has 0 fully saturated rings. The molecule has 4 heteroatoms. The van der Waals surface area contributed by atoms with Gasteiger partial charge in [0.25, 0.3) is 0 Å². The maximum atomic E-state index is 4.49. The van der Waals surface area contributed by atoms with E-state index in [9.17, 15) is 0 Å². The van der Waals surface area contributed by atoms with Crippen LogP contribution in [-0.4, -0.2) is 22.4 Å². The molecule has 0 bridgehead atoms. The van der Waals surface area contributed by atoms with Crippen LogP contribution in [0.5, 0.6) is 0 Å². The topological polar surface area (TPSA) is 29.9 Å². The van der Waals surface area contributed by atoms with Crippen LogP contribution < -0.4 is 5.32 Å². The van der Waals surface area contributed by atoms with Crippen LogP contribution in [0.1, 0.15) is 38.1 Å². The highest BCUT2D eigenvalue weighted by atomic mass is 79.9. The molecule has 0 aliphatic heterocycles. The van der Waals surface area contributed by atoms with Crippen LogP contribution in [0, 0.1) is 13.8 Å². The molecule has 0 saturated heterocycles. The van der Waals surface area contributed by atoms with Crippen molar-refractivity contribution in [3.05, 3.63) is 15.9 Å². The van der Waals surface area contributed by atoms with Gasteiger partial charge in [0.05, 0.1) is 10.2 Å². The van der Waals surface area contributed by atoms with Gasteiger partial charge in [-0.3, -0.25) is 4.68 Å². The van der Waals surface area contributed by atoms with Gasteiger partial charge in [-0.15, -0.1) is 0 Å². The zero-order chi connectivity index (χ0) is 12.1. The molecule has 1 heterocycles. The third-order valence-corrected chi connectivity index (χ3v) is 3.79. The van der Waals surface area contributed by atoms with Gasteiger partial charge in [0.1, 0.15) is 0 Å². The first-order valence-electron chi connectivity index (χ1n) is 5.95. The fraction of sp³-hybridized carbons (Fsp3) is 0.750. The Morgan fingerprint density at radius 1 is 1.31 bits per heavy atom. The highest BCUT2D eigenvalue weighted by Gasteiger charge is 2.07. The van der Waals surface area contributed by atoms with E-state index >= 15 is 0 Å². The van der Waals surface area contributed by atoms with Gasteiger partial charge in [0.15, 0.2) is 0 Å². The van der Waals surface area contributed by atoms with Crippen LogP contribution in [0.3, 0.4) is 0 Å². The lowest BCUT2D eigenvalue weighted by atomic mass is 10.3. The molecule has 1 rings (SSSR count). The van der Waals surface area contributed by atoms with E-state index in [2.05, 4.69) is 51.8 Å². The molecular formula is C12H22BrN3. The molecule has 1 aromatic rings. The fourth-order valence-electron chi connectivity index (χ4n) is 1.67. The molecule has 0 aromatic carbocycles. The minimum atomic E-state index is 0.586. The van der Waals surface area contributed by atoms with Crippen molar-refractivity contribution in [3.63, 3.8) is 0 Å². The van der Waals surface area contributed by atoms with E-state index in [4.69, 9.17) is 0 Å². The summed E-state index contributed by atoms with van der Waals surface area (Å²) < 4.78 is 3.24. The number of nitrogens with zero attached hydrogens (tertiary/aromatic N) is 2. The Morgan fingerprint density at radius 3 is 2.50 bits per heavy atom. The second-order valence-electron chi connectivity index (χ2n) is 4.52. The SMILES string of the molecule is Cc1nn(CCCCNC(C)C)c(C)c1Br. The molecule has 0 aliphatic carbocycles.